The summed E-state index contributed by atoms with van der Waals surface area (Å²) >= 11 is 0. The first kappa shape index (κ1) is 14.6. The van der Waals surface area contributed by atoms with Crippen LogP contribution in [0.2, 0.25) is 0 Å². The van der Waals surface area contributed by atoms with E-state index < -0.39 is 0 Å². The summed E-state index contributed by atoms with van der Waals surface area (Å²) in [5.74, 6) is 0. The van der Waals surface area contributed by atoms with E-state index in [9.17, 15) is 9.59 Å². The molecule has 1 N–H and O–H groups in total. The van der Waals surface area contributed by atoms with Gasteiger partial charge in [-0.05, 0) is 12.1 Å². The molecule has 22 heavy (non-hydrogen) atoms. The van der Waals surface area contributed by atoms with Gasteiger partial charge >= 0.3 is 11.8 Å². The van der Waals surface area contributed by atoms with Crippen LogP contribution in [0, 0.1) is 0 Å². The lowest BCUT2D eigenvalue weighted by atomic mass is 10.3. The Hall–Kier alpha value is -2.28. The topological polar surface area (TPSA) is 68.5 Å². The number of aromatic nitrogens is 2. The summed E-state index contributed by atoms with van der Waals surface area (Å²) in [5, 5.41) is 3.18. The van der Waals surface area contributed by atoms with Gasteiger partial charge in [0.1, 0.15) is 6.61 Å². The van der Waals surface area contributed by atoms with E-state index in [1.807, 2.05) is 24.3 Å². The van der Waals surface area contributed by atoms with Crippen LogP contribution < -0.4 is 11.0 Å². The van der Waals surface area contributed by atoms with Gasteiger partial charge in [-0.1, -0.05) is 12.1 Å². The average Bonchev–Trinajstić information content (AvgIpc) is 2.81. The number of ether oxygens (including phenoxy) is 1. The first-order valence-corrected chi connectivity index (χ1v) is 7.45. The molecule has 1 aliphatic heterocycles. The monoisotopic (exact) mass is 304 g/mol. The molecule has 7 heteroatoms. The Balaban J connectivity index is 1.66. The Bertz CT molecular complexity index is 728. The maximum Gasteiger partial charge on any atom is 0.409 e. The van der Waals surface area contributed by atoms with E-state index in [2.05, 4.69) is 5.32 Å². The zero-order valence-corrected chi connectivity index (χ0v) is 12.6. The molecule has 0 atom stereocenters. The van der Waals surface area contributed by atoms with Gasteiger partial charge in [-0.3, -0.25) is 9.13 Å². The van der Waals surface area contributed by atoms with Crippen LogP contribution in [0.15, 0.2) is 29.1 Å². The normalized spacial score (nSPS) is 15.2. The number of benzene rings is 1. The molecular formula is C15H20N4O3. The van der Waals surface area contributed by atoms with Crippen LogP contribution in [-0.2, 0) is 18.3 Å². The molecule has 0 saturated carbocycles. The highest BCUT2D eigenvalue weighted by molar-refractivity contribution is 5.75. The van der Waals surface area contributed by atoms with Gasteiger partial charge in [0.25, 0.3) is 0 Å². The number of nitrogens with zero attached hydrogens (tertiary/aromatic N) is 3. The van der Waals surface area contributed by atoms with Crippen LogP contribution in [0.4, 0.5) is 4.79 Å². The predicted octanol–water partition coefficient (Wildman–Crippen LogP) is 0.382. The predicted molar refractivity (Wildman–Crippen MR) is 83.0 cm³/mol. The minimum atomic E-state index is -0.310. The molecule has 1 amide bonds. The van der Waals surface area contributed by atoms with Crippen LogP contribution in [0.3, 0.4) is 0 Å². The number of imidazole rings is 1. The number of nitrogens with one attached hydrogen (secondary N) is 1. The fraction of sp³-hybridized carbons (Fsp3) is 0.467. The molecule has 0 spiro atoms. The van der Waals surface area contributed by atoms with E-state index in [1.165, 1.54) is 0 Å². The van der Waals surface area contributed by atoms with E-state index in [4.69, 9.17) is 4.74 Å². The molecule has 2 heterocycles. The standard InChI is InChI=1S/C15H20N4O3/c1-17-12-4-2-3-5-13(12)19(14(17)20)10-11-22-15(21)18-8-6-16-7-9-18/h2-5,16H,6-11H2,1H3. The van der Waals surface area contributed by atoms with Crippen molar-refractivity contribution in [1.29, 1.82) is 0 Å². The van der Waals surface area contributed by atoms with Crippen molar-refractivity contribution < 1.29 is 9.53 Å². The molecule has 0 unspecified atom stereocenters. The SMILES string of the molecule is Cn1c(=O)n(CCOC(=O)N2CCNCC2)c2ccccc21. The van der Waals surface area contributed by atoms with Gasteiger partial charge in [0, 0.05) is 33.2 Å². The van der Waals surface area contributed by atoms with Gasteiger partial charge in [0.05, 0.1) is 17.6 Å². The van der Waals surface area contributed by atoms with Crippen molar-refractivity contribution in [2.45, 2.75) is 6.54 Å². The average molecular weight is 304 g/mol. The van der Waals surface area contributed by atoms with E-state index in [0.29, 0.717) is 19.6 Å². The molecule has 0 radical (unpaired) electrons. The Morgan fingerprint density at radius 3 is 2.64 bits per heavy atom. The quantitative estimate of drug-likeness (QED) is 0.890. The lowest BCUT2D eigenvalue weighted by Crippen LogP contribution is -2.46. The van der Waals surface area contributed by atoms with Crippen LogP contribution >= 0.6 is 0 Å². The number of fused-ring (bicyclic) bond motifs is 1. The van der Waals surface area contributed by atoms with Crippen LogP contribution in [0.1, 0.15) is 0 Å². The van der Waals surface area contributed by atoms with E-state index in [0.717, 1.165) is 24.1 Å². The first-order chi connectivity index (χ1) is 10.7. The van der Waals surface area contributed by atoms with Crippen molar-refractivity contribution in [2.75, 3.05) is 32.8 Å². The minimum absolute atomic E-state index is 0.0978. The summed E-state index contributed by atoms with van der Waals surface area (Å²) < 4.78 is 8.53. The molecule has 1 fully saturated rings. The minimum Gasteiger partial charge on any atom is -0.448 e. The van der Waals surface area contributed by atoms with Crippen molar-refractivity contribution >= 4 is 17.1 Å². The lowest BCUT2D eigenvalue weighted by molar-refractivity contribution is 0.0947. The number of amides is 1. The Morgan fingerprint density at radius 1 is 1.23 bits per heavy atom. The van der Waals surface area contributed by atoms with Gasteiger partial charge in [-0.2, -0.15) is 0 Å². The highest BCUT2D eigenvalue weighted by Gasteiger charge is 2.17. The molecule has 3 rings (SSSR count). The zero-order valence-electron chi connectivity index (χ0n) is 12.6. The molecule has 1 aliphatic rings. The summed E-state index contributed by atoms with van der Waals surface area (Å²) in [6.45, 7) is 3.45. The maximum absolute atomic E-state index is 12.2. The number of para-hydroxylation sites is 2. The second-order valence-corrected chi connectivity index (χ2v) is 5.33. The Kier molecular flexibility index (Phi) is 4.15. The van der Waals surface area contributed by atoms with E-state index >= 15 is 0 Å². The van der Waals surface area contributed by atoms with Crippen LogP contribution in [-0.4, -0.2) is 52.9 Å². The number of hydrogen-bond donors (Lipinski definition) is 1. The van der Waals surface area contributed by atoms with Crippen molar-refractivity contribution in [1.82, 2.24) is 19.4 Å². The van der Waals surface area contributed by atoms with Crippen LogP contribution in [0.5, 0.6) is 0 Å². The molecular weight excluding hydrogens is 284 g/mol. The van der Waals surface area contributed by atoms with Crippen molar-refractivity contribution in [3.63, 3.8) is 0 Å². The summed E-state index contributed by atoms with van der Waals surface area (Å²) in [4.78, 5) is 25.8. The molecule has 1 aromatic carbocycles. The van der Waals surface area contributed by atoms with E-state index in [-0.39, 0.29) is 18.4 Å². The highest BCUT2D eigenvalue weighted by atomic mass is 16.6. The fourth-order valence-electron chi connectivity index (χ4n) is 2.74. The summed E-state index contributed by atoms with van der Waals surface area (Å²) in [6.07, 6.45) is -0.310. The van der Waals surface area contributed by atoms with Crippen molar-refractivity contribution in [2.24, 2.45) is 7.05 Å². The van der Waals surface area contributed by atoms with Crippen molar-refractivity contribution in [3.05, 3.63) is 34.7 Å². The molecule has 1 saturated heterocycles. The molecule has 1 aromatic heterocycles. The Labute approximate surface area is 128 Å². The molecule has 2 aromatic rings. The van der Waals surface area contributed by atoms with E-state index in [1.54, 1.807) is 21.1 Å². The maximum atomic E-state index is 12.2. The van der Waals surface area contributed by atoms with Crippen molar-refractivity contribution in [3.8, 4) is 0 Å². The molecule has 0 aliphatic carbocycles. The summed E-state index contributed by atoms with van der Waals surface area (Å²) in [7, 11) is 1.74. The molecule has 0 bridgehead atoms. The second-order valence-electron chi connectivity index (χ2n) is 5.33. The highest BCUT2D eigenvalue weighted by Crippen LogP contribution is 2.11. The Morgan fingerprint density at radius 2 is 1.91 bits per heavy atom. The molecule has 118 valence electrons. The van der Waals surface area contributed by atoms with Gasteiger partial charge in [-0.25, -0.2) is 9.59 Å². The largest absolute Gasteiger partial charge is 0.448 e. The van der Waals surface area contributed by atoms with Gasteiger partial charge in [0.15, 0.2) is 0 Å². The number of hydrogen-bond acceptors (Lipinski definition) is 4. The molecule has 7 nitrogen and oxygen atoms in total. The zero-order chi connectivity index (χ0) is 15.5. The third-order valence-corrected chi connectivity index (χ3v) is 3.97. The number of carbonyl (C=O) groups is 1. The number of carbonyl (C=O) groups excluding carboxylic acids is 1. The number of aryl methyl sites for hydroxylation is 1. The fourth-order valence-corrected chi connectivity index (χ4v) is 2.74. The van der Waals surface area contributed by atoms with Gasteiger partial charge in [-0.15, -0.1) is 0 Å². The van der Waals surface area contributed by atoms with Crippen LogP contribution in [0.25, 0.3) is 11.0 Å². The second kappa shape index (κ2) is 6.23. The lowest BCUT2D eigenvalue weighted by Gasteiger charge is -2.26. The van der Waals surface area contributed by atoms with Gasteiger partial charge < -0.3 is 15.0 Å². The summed E-state index contributed by atoms with van der Waals surface area (Å²) in [6, 6.07) is 7.59. The smallest absolute Gasteiger partial charge is 0.409 e. The number of piperazine rings is 1. The third kappa shape index (κ3) is 2.71. The van der Waals surface area contributed by atoms with Gasteiger partial charge in [0.2, 0.25) is 0 Å². The summed E-state index contributed by atoms with van der Waals surface area (Å²) in [5.41, 5.74) is 1.63. The number of rotatable bonds is 3. The third-order valence-electron chi connectivity index (χ3n) is 3.97. The first-order valence-electron chi connectivity index (χ1n) is 7.45.